The van der Waals surface area contributed by atoms with Crippen LogP contribution in [-0.2, 0) is 6.61 Å². The third-order valence-electron chi connectivity index (χ3n) is 2.58. The number of halogens is 1. The second kappa shape index (κ2) is 6.25. The molecule has 6 heteroatoms. The molecule has 0 spiro atoms. The summed E-state index contributed by atoms with van der Waals surface area (Å²) >= 11 is 5.93. The van der Waals surface area contributed by atoms with Gasteiger partial charge < -0.3 is 14.6 Å². The highest BCUT2D eigenvalue weighted by molar-refractivity contribution is 6.31. The zero-order valence-corrected chi connectivity index (χ0v) is 11.4. The Labute approximate surface area is 120 Å². The van der Waals surface area contributed by atoms with Crippen molar-refractivity contribution in [2.45, 2.75) is 6.61 Å². The number of ether oxygens (including phenoxy) is 2. The van der Waals surface area contributed by atoms with Gasteiger partial charge in [-0.05, 0) is 17.7 Å². The van der Waals surface area contributed by atoms with Crippen LogP contribution in [0.2, 0.25) is 5.02 Å². The predicted molar refractivity (Wildman–Crippen MR) is 73.5 cm³/mol. The Morgan fingerprint density at radius 3 is 2.60 bits per heavy atom. The molecule has 0 saturated carbocycles. The van der Waals surface area contributed by atoms with Crippen LogP contribution in [0.15, 0.2) is 36.5 Å². The van der Waals surface area contributed by atoms with Crippen molar-refractivity contribution < 1.29 is 19.4 Å². The fourth-order valence-corrected chi connectivity index (χ4v) is 1.78. The number of aromatic nitrogens is 1. The van der Waals surface area contributed by atoms with E-state index in [9.17, 15) is 4.79 Å². The normalized spacial score (nSPS) is 10.1. The molecule has 0 radical (unpaired) electrons. The lowest BCUT2D eigenvalue weighted by atomic mass is 10.1. The molecule has 5 nitrogen and oxygen atoms in total. The van der Waals surface area contributed by atoms with E-state index in [1.807, 2.05) is 0 Å². The summed E-state index contributed by atoms with van der Waals surface area (Å²) < 4.78 is 10.5. The van der Waals surface area contributed by atoms with Crippen LogP contribution < -0.4 is 9.47 Å². The first kappa shape index (κ1) is 14.1. The van der Waals surface area contributed by atoms with Gasteiger partial charge >= 0.3 is 5.97 Å². The molecule has 104 valence electrons. The molecule has 0 aliphatic carbocycles. The highest BCUT2D eigenvalue weighted by atomic mass is 35.5. The molecule has 2 aromatic rings. The summed E-state index contributed by atoms with van der Waals surface area (Å²) in [6.07, 6.45) is 1.51. The second-order valence-corrected chi connectivity index (χ2v) is 4.36. The van der Waals surface area contributed by atoms with Crippen molar-refractivity contribution in [3.05, 3.63) is 52.7 Å². The Morgan fingerprint density at radius 1 is 1.35 bits per heavy atom. The van der Waals surface area contributed by atoms with Crippen LogP contribution in [0.3, 0.4) is 0 Å². The van der Waals surface area contributed by atoms with Gasteiger partial charge in [0.05, 0.1) is 18.9 Å². The maximum Gasteiger partial charge on any atom is 0.335 e. The van der Waals surface area contributed by atoms with E-state index in [1.54, 1.807) is 18.2 Å². The molecule has 0 amide bonds. The second-order valence-electron chi connectivity index (χ2n) is 3.95. The van der Waals surface area contributed by atoms with Gasteiger partial charge in [-0.1, -0.05) is 23.7 Å². The van der Waals surface area contributed by atoms with E-state index in [4.69, 9.17) is 26.2 Å². The van der Waals surface area contributed by atoms with E-state index >= 15 is 0 Å². The van der Waals surface area contributed by atoms with Gasteiger partial charge in [0.25, 0.3) is 0 Å². The number of aromatic carboxylic acids is 1. The van der Waals surface area contributed by atoms with Crippen LogP contribution in [0.25, 0.3) is 0 Å². The third-order valence-corrected chi connectivity index (χ3v) is 2.85. The van der Waals surface area contributed by atoms with E-state index in [0.717, 1.165) is 5.56 Å². The topological polar surface area (TPSA) is 68.7 Å². The van der Waals surface area contributed by atoms with Crippen molar-refractivity contribution in [1.82, 2.24) is 4.98 Å². The molecule has 1 N–H and O–H groups in total. The minimum Gasteiger partial charge on any atom is -0.487 e. The fourth-order valence-electron chi connectivity index (χ4n) is 1.55. The highest BCUT2D eigenvalue weighted by Gasteiger charge is 2.05. The number of hydrogen-bond acceptors (Lipinski definition) is 4. The lowest BCUT2D eigenvalue weighted by Crippen LogP contribution is -1.99. The number of carboxylic acids is 1. The largest absolute Gasteiger partial charge is 0.487 e. The quantitative estimate of drug-likeness (QED) is 0.917. The van der Waals surface area contributed by atoms with Crippen molar-refractivity contribution in [1.29, 1.82) is 0 Å². The number of pyridine rings is 1. The summed E-state index contributed by atoms with van der Waals surface area (Å²) in [6, 6.07) is 8.06. The molecule has 2 rings (SSSR count). The Bertz CT molecular complexity index is 613. The Balaban J connectivity index is 2.01. The van der Waals surface area contributed by atoms with Crippen LogP contribution in [0.5, 0.6) is 11.6 Å². The molecule has 0 saturated heterocycles. The van der Waals surface area contributed by atoms with E-state index in [0.29, 0.717) is 23.3 Å². The van der Waals surface area contributed by atoms with Gasteiger partial charge in [0, 0.05) is 6.07 Å². The zero-order chi connectivity index (χ0) is 14.5. The van der Waals surface area contributed by atoms with E-state index in [1.165, 1.54) is 25.4 Å². The molecule has 0 aliphatic rings. The number of carboxylic acid groups (broad SMARTS) is 1. The lowest BCUT2D eigenvalue weighted by molar-refractivity contribution is 0.0697. The van der Waals surface area contributed by atoms with Gasteiger partial charge in [-0.25, -0.2) is 9.78 Å². The van der Waals surface area contributed by atoms with Gasteiger partial charge in [-0.2, -0.15) is 0 Å². The maximum atomic E-state index is 10.7. The number of benzene rings is 1. The molecule has 0 aliphatic heterocycles. The third kappa shape index (κ3) is 3.39. The molecule has 0 atom stereocenters. The maximum absolute atomic E-state index is 10.7. The van der Waals surface area contributed by atoms with Crippen LogP contribution in [0.4, 0.5) is 0 Å². The van der Waals surface area contributed by atoms with Crippen LogP contribution in [0, 0.1) is 0 Å². The molecular weight excluding hydrogens is 282 g/mol. The van der Waals surface area contributed by atoms with E-state index < -0.39 is 5.97 Å². The number of carbonyl (C=O) groups is 1. The first-order valence-electron chi connectivity index (χ1n) is 5.74. The molecule has 0 unspecified atom stereocenters. The Hall–Kier alpha value is -2.27. The summed E-state index contributed by atoms with van der Waals surface area (Å²) in [5.74, 6) is -0.105. The van der Waals surface area contributed by atoms with Crippen molar-refractivity contribution >= 4 is 17.6 Å². The number of hydrogen-bond donors (Lipinski definition) is 1. The average molecular weight is 294 g/mol. The first-order valence-corrected chi connectivity index (χ1v) is 6.12. The van der Waals surface area contributed by atoms with Crippen molar-refractivity contribution in [3.63, 3.8) is 0 Å². The molecule has 0 bridgehead atoms. The van der Waals surface area contributed by atoms with Gasteiger partial charge in [0.2, 0.25) is 5.88 Å². The molecule has 1 aromatic carbocycles. The van der Waals surface area contributed by atoms with Gasteiger partial charge in [-0.3, -0.25) is 0 Å². The summed E-state index contributed by atoms with van der Waals surface area (Å²) in [4.78, 5) is 14.7. The number of rotatable bonds is 5. The monoisotopic (exact) mass is 293 g/mol. The minimum atomic E-state index is -0.955. The van der Waals surface area contributed by atoms with Crippen LogP contribution >= 0.6 is 11.6 Å². The fraction of sp³-hybridized carbons (Fsp3) is 0.143. The Morgan fingerprint density at radius 2 is 2.05 bits per heavy atom. The molecule has 1 heterocycles. The molecule has 0 fully saturated rings. The van der Waals surface area contributed by atoms with Crippen LogP contribution in [0.1, 0.15) is 15.9 Å². The summed E-state index contributed by atoms with van der Waals surface area (Å²) in [6.45, 7) is 0.296. The van der Waals surface area contributed by atoms with Gasteiger partial charge in [0.15, 0.2) is 0 Å². The first-order chi connectivity index (χ1) is 9.60. The van der Waals surface area contributed by atoms with Crippen molar-refractivity contribution in [3.8, 4) is 11.6 Å². The van der Waals surface area contributed by atoms with Crippen molar-refractivity contribution in [2.24, 2.45) is 0 Å². The molecular formula is C14H12ClNO4. The van der Waals surface area contributed by atoms with Crippen molar-refractivity contribution in [2.75, 3.05) is 7.11 Å². The average Bonchev–Trinajstić information content (AvgIpc) is 2.45. The molecule has 20 heavy (non-hydrogen) atoms. The molecule has 1 aromatic heterocycles. The standard InChI is InChI=1S/C14H12ClNO4/c1-19-13-12(15)6-11(7-16-13)20-8-9-2-4-10(5-3-9)14(17)18/h2-7H,8H2,1H3,(H,17,18). The van der Waals surface area contributed by atoms with Gasteiger partial charge in [-0.15, -0.1) is 0 Å². The SMILES string of the molecule is COc1ncc(OCc2ccc(C(=O)O)cc2)cc1Cl. The van der Waals surface area contributed by atoms with E-state index in [-0.39, 0.29) is 5.56 Å². The minimum absolute atomic E-state index is 0.239. The highest BCUT2D eigenvalue weighted by Crippen LogP contribution is 2.25. The zero-order valence-electron chi connectivity index (χ0n) is 10.7. The predicted octanol–water partition coefficient (Wildman–Crippen LogP) is 3.02. The number of methoxy groups -OCH3 is 1. The van der Waals surface area contributed by atoms with E-state index in [2.05, 4.69) is 4.98 Å². The Kier molecular flexibility index (Phi) is 4.42. The number of nitrogens with zero attached hydrogens (tertiary/aromatic N) is 1. The van der Waals surface area contributed by atoms with Crippen LogP contribution in [-0.4, -0.2) is 23.2 Å². The van der Waals surface area contributed by atoms with Gasteiger partial charge in [0.1, 0.15) is 17.4 Å². The summed E-state index contributed by atoms with van der Waals surface area (Å²) in [5.41, 5.74) is 1.09. The summed E-state index contributed by atoms with van der Waals surface area (Å²) in [7, 11) is 1.48. The summed E-state index contributed by atoms with van der Waals surface area (Å²) in [5, 5.41) is 9.16. The smallest absolute Gasteiger partial charge is 0.335 e. The lowest BCUT2D eigenvalue weighted by Gasteiger charge is -2.08.